The predicted molar refractivity (Wildman–Crippen MR) is 70.1 cm³/mol. The van der Waals surface area contributed by atoms with Gasteiger partial charge in [-0.2, -0.15) is 0 Å². The Kier molecular flexibility index (Phi) is 6.36. The third-order valence-corrected chi connectivity index (χ3v) is 3.74. The van der Waals surface area contributed by atoms with Gasteiger partial charge >= 0.3 is 11.9 Å². The van der Waals surface area contributed by atoms with Crippen LogP contribution < -0.4 is 0 Å². The highest BCUT2D eigenvalue weighted by Crippen LogP contribution is 2.43. The second-order valence-corrected chi connectivity index (χ2v) is 5.53. The van der Waals surface area contributed by atoms with E-state index >= 15 is 0 Å². The fourth-order valence-electron chi connectivity index (χ4n) is 1.55. The van der Waals surface area contributed by atoms with Gasteiger partial charge in [-0.1, -0.05) is 13.8 Å². The molecule has 0 bridgehead atoms. The second-order valence-electron chi connectivity index (χ2n) is 5.53. The number of hydrogen-bond donors (Lipinski definition) is 0. The molecule has 0 rings (SSSR count). The Balaban J connectivity index is 4.59. The molecule has 0 amide bonds. The van der Waals surface area contributed by atoms with Crippen LogP contribution in [0.5, 0.6) is 0 Å². The molecular formula is C14H26O4. The number of carbonyl (C=O) groups excluding carboxylic acids is 2. The van der Waals surface area contributed by atoms with Crippen LogP contribution in [0.1, 0.15) is 54.4 Å². The van der Waals surface area contributed by atoms with Gasteiger partial charge < -0.3 is 9.47 Å². The van der Waals surface area contributed by atoms with Crippen molar-refractivity contribution in [3.05, 3.63) is 0 Å². The van der Waals surface area contributed by atoms with E-state index in [2.05, 4.69) is 0 Å². The largest absolute Gasteiger partial charge is 0.466 e. The van der Waals surface area contributed by atoms with Gasteiger partial charge in [0.05, 0.1) is 18.6 Å². The number of esters is 2. The van der Waals surface area contributed by atoms with Gasteiger partial charge in [-0.3, -0.25) is 9.59 Å². The third kappa shape index (κ3) is 4.31. The molecule has 0 heterocycles. The van der Waals surface area contributed by atoms with E-state index in [9.17, 15) is 9.59 Å². The summed E-state index contributed by atoms with van der Waals surface area (Å²) < 4.78 is 10.00. The molecule has 0 spiro atoms. The molecule has 4 heteroatoms. The van der Waals surface area contributed by atoms with Crippen LogP contribution in [0.4, 0.5) is 0 Å². The van der Waals surface area contributed by atoms with Gasteiger partial charge in [-0.05, 0) is 39.5 Å². The van der Waals surface area contributed by atoms with Crippen molar-refractivity contribution in [2.24, 2.45) is 10.8 Å². The summed E-state index contributed by atoms with van der Waals surface area (Å²) >= 11 is 0. The van der Waals surface area contributed by atoms with Gasteiger partial charge in [-0.25, -0.2) is 0 Å². The van der Waals surface area contributed by atoms with Crippen molar-refractivity contribution in [1.82, 2.24) is 0 Å². The van der Waals surface area contributed by atoms with Gasteiger partial charge in [0.15, 0.2) is 0 Å². The Morgan fingerprint density at radius 2 is 1.44 bits per heavy atom. The van der Waals surface area contributed by atoms with E-state index in [1.54, 1.807) is 13.8 Å². The summed E-state index contributed by atoms with van der Waals surface area (Å²) in [7, 11) is 0. The molecular weight excluding hydrogens is 232 g/mol. The first-order valence-corrected chi connectivity index (χ1v) is 6.52. The average Bonchev–Trinajstić information content (AvgIpc) is 2.27. The minimum absolute atomic E-state index is 0.217. The molecule has 106 valence electrons. The Labute approximate surface area is 110 Å². The first-order chi connectivity index (χ1) is 8.19. The van der Waals surface area contributed by atoms with E-state index in [1.807, 2.05) is 27.7 Å². The number of ether oxygens (including phenoxy) is 2. The van der Waals surface area contributed by atoms with Crippen LogP contribution in [-0.2, 0) is 19.1 Å². The Hall–Kier alpha value is -1.06. The molecule has 0 saturated heterocycles. The maximum atomic E-state index is 11.9. The zero-order valence-corrected chi connectivity index (χ0v) is 12.5. The average molecular weight is 258 g/mol. The lowest BCUT2D eigenvalue weighted by Gasteiger charge is -2.39. The summed E-state index contributed by atoms with van der Waals surface area (Å²) in [6.45, 7) is 12.0. The molecule has 4 nitrogen and oxygen atoms in total. The van der Waals surface area contributed by atoms with Crippen LogP contribution in [0.2, 0.25) is 0 Å². The van der Waals surface area contributed by atoms with Crippen LogP contribution in [0.3, 0.4) is 0 Å². The molecule has 18 heavy (non-hydrogen) atoms. The monoisotopic (exact) mass is 258 g/mol. The lowest BCUT2D eigenvalue weighted by atomic mass is 9.65. The third-order valence-electron chi connectivity index (χ3n) is 3.74. The summed E-state index contributed by atoms with van der Waals surface area (Å²) in [5.41, 5.74) is -0.957. The van der Waals surface area contributed by atoms with Crippen molar-refractivity contribution in [1.29, 1.82) is 0 Å². The molecule has 0 N–H and O–H groups in total. The van der Waals surface area contributed by atoms with Gasteiger partial charge in [0.1, 0.15) is 0 Å². The number of rotatable bonds is 7. The van der Waals surface area contributed by atoms with Crippen LogP contribution in [0.25, 0.3) is 0 Å². The van der Waals surface area contributed by atoms with Crippen molar-refractivity contribution >= 4 is 11.9 Å². The maximum absolute atomic E-state index is 11.9. The lowest BCUT2D eigenvalue weighted by molar-refractivity contribution is -0.162. The van der Waals surface area contributed by atoms with Crippen molar-refractivity contribution in [3.63, 3.8) is 0 Å². The van der Waals surface area contributed by atoms with Gasteiger partial charge in [0, 0.05) is 6.42 Å². The fourth-order valence-corrected chi connectivity index (χ4v) is 1.55. The molecule has 0 aliphatic rings. The van der Waals surface area contributed by atoms with E-state index in [0.29, 0.717) is 26.1 Å². The standard InChI is InChI=1S/C14H26O4/c1-7-17-11(15)9-10-13(3,4)14(5,6)12(16)18-8-2/h7-10H2,1-6H3. The Bertz CT molecular complexity index is 292. The second kappa shape index (κ2) is 6.76. The minimum atomic E-state index is -0.629. The molecule has 0 aromatic rings. The first-order valence-electron chi connectivity index (χ1n) is 6.52. The first kappa shape index (κ1) is 16.9. The molecule has 0 aromatic carbocycles. The summed E-state index contributed by atoms with van der Waals surface area (Å²) in [5.74, 6) is -0.441. The van der Waals surface area contributed by atoms with E-state index in [1.165, 1.54) is 0 Å². The number of carbonyl (C=O) groups is 2. The van der Waals surface area contributed by atoms with Gasteiger partial charge in [0.25, 0.3) is 0 Å². The zero-order chi connectivity index (χ0) is 14.4. The normalized spacial score (nSPS) is 12.1. The highest BCUT2D eigenvalue weighted by atomic mass is 16.5. The highest BCUT2D eigenvalue weighted by molar-refractivity contribution is 5.77. The number of hydrogen-bond acceptors (Lipinski definition) is 4. The summed E-state index contributed by atoms with van der Waals surface area (Å²) in [6.07, 6.45) is 0.918. The molecule has 0 unspecified atom stereocenters. The topological polar surface area (TPSA) is 52.6 Å². The van der Waals surface area contributed by atoms with E-state index in [-0.39, 0.29) is 17.4 Å². The van der Waals surface area contributed by atoms with Crippen LogP contribution in [-0.4, -0.2) is 25.2 Å². The van der Waals surface area contributed by atoms with Gasteiger partial charge in [-0.15, -0.1) is 0 Å². The van der Waals surface area contributed by atoms with Gasteiger partial charge in [0.2, 0.25) is 0 Å². The smallest absolute Gasteiger partial charge is 0.312 e. The quantitative estimate of drug-likeness (QED) is 0.659. The van der Waals surface area contributed by atoms with Crippen molar-refractivity contribution < 1.29 is 19.1 Å². The van der Waals surface area contributed by atoms with Crippen LogP contribution in [0, 0.1) is 10.8 Å². The zero-order valence-electron chi connectivity index (χ0n) is 12.5. The predicted octanol–water partition coefficient (Wildman–Crippen LogP) is 2.95. The maximum Gasteiger partial charge on any atom is 0.312 e. The van der Waals surface area contributed by atoms with Crippen molar-refractivity contribution in [2.75, 3.05) is 13.2 Å². The molecule has 0 atom stereocenters. The van der Waals surface area contributed by atoms with E-state index in [0.717, 1.165) is 0 Å². The molecule has 0 radical (unpaired) electrons. The Morgan fingerprint density at radius 3 is 1.89 bits per heavy atom. The van der Waals surface area contributed by atoms with Crippen molar-refractivity contribution in [2.45, 2.75) is 54.4 Å². The fraction of sp³-hybridized carbons (Fsp3) is 0.857. The van der Waals surface area contributed by atoms with E-state index in [4.69, 9.17) is 9.47 Å². The molecule has 0 aliphatic heterocycles. The summed E-state index contributed by atoms with van der Waals surface area (Å²) in [4.78, 5) is 23.3. The minimum Gasteiger partial charge on any atom is -0.466 e. The highest BCUT2D eigenvalue weighted by Gasteiger charge is 2.44. The van der Waals surface area contributed by atoms with Crippen LogP contribution in [0.15, 0.2) is 0 Å². The summed E-state index contributed by atoms with van der Waals surface area (Å²) in [6, 6.07) is 0. The summed E-state index contributed by atoms with van der Waals surface area (Å²) in [5, 5.41) is 0. The SMILES string of the molecule is CCOC(=O)CCC(C)(C)C(C)(C)C(=O)OCC. The molecule has 0 fully saturated rings. The van der Waals surface area contributed by atoms with Crippen molar-refractivity contribution in [3.8, 4) is 0 Å². The molecule has 0 aromatic heterocycles. The van der Waals surface area contributed by atoms with Crippen LogP contribution >= 0.6 is 0 Å². The van der Waals surface area contributed by atoms with E-state index < -0.39 is 5.41 Å². The Morgan fingerprint density at radius 1 is 0.944 bits per heavy atom. The molecule has 0 aliphatic carbocycles. The molecule has 0 saturated carbocycles. The lowest BCUT2D eigenvalue weighted by Crippen LogP contribution is -2.41.